The zero-order chi connectivity index (χ0) is 30.8. The van der Waals surface area contributed by atoms with E-state index >= 15 is 0 Å². The first kappa shape index (κ1) is 32.2. The van der Waals surface area contributed by atoms with Gasteiger partial charge >= 0.3 is 0 Å². The fourth-order valence-electron chi connectivity index (χ4n) is 4.53. The van der Waals surface area contributed by atoms with Gasteiger partial charge in [-0.1, -0.05) is 83.4 Å². The predicted octanol–water partition coefficient (Wildman–Crippen LogP) is 9.48. The smallest absolute Gasteiger partial charge is 0.135 e. The van der Waals surface area contributed by atoms with Crippen LogP contribution in [0.1, 0.15) is 63.6 Å². The van der Waals surface area contributed by atoms with Crippen LogP contribution in [-0.2, 0) is 0 Å². The van der Waals surface area contributed by atoms with Gasteiger partial charge in [-0.15, -0.1) is 0 Å². The lowest BCUT2D eigenvalue weighted by molar-refractivity contribution is 0.627. The highest BCUT2D eigenvalue weighted by Gasteiger charge is 2.18. The Labute approximate surface area is 254 Å². The third kappa shape index (κ3) is 7.68. The van der Waals surface area contributed by atoms with Crippen LogP contribution in [0.5, 0.6) is 0 Å². The van der Waals surface area contributed by atoms with Crippen molar-refractivity contribution < 1.29 is 4.39 Å². The molecule has 0 atom stereocenters. The maximum Gasteiger partial charge on any atom is 0.135 e. The topological polar surface area (TPSA) is 69.4 Å². The molecule has 1 aromatic carbocycles. The molecule has 0 amide bonds. The van der Waals surface area contributed by atoms with Crippen molar-refractivity contribution in [1.29, 1.82) is 0 Å². The Balaban J connectivity index is 0.00000237. The number of rotatable bonds is 10. The van der Waals surface area contributed by atoms with Crippen LogP contribution in [0.15, 0.2) is 91.7 Å². The Bertz CT molecular complexity index is 1670. The lowest BCUT2D eigenvalue weighted by Gasteiger charge is -2.11. The van der Waals surface area contributed by atoms with E-state index in [0.29, 0.717) is 11.6 Å². The maximum atomic E-state index is 14.0. The number of nitrogens with one attached hydrogen (secondary N) is 3. The summed E-state index contributed by atoms with van der Waals surface area (Å²) in [4.78, 5) is 9.21. The van der Waals surface area contributed by atoms with Gasteiger partial charge in [0.15, 0.2) is 0 Å². The molecule has 5 nitrogen and oxygen atoms in total. The van der Waals surface area contributed by atoms with E-state index in [2.05, 4.69) is 47.5 Å². The Hall–Kier alpha value is -4.36. The molecule has 0 aliphatic carbocycles. The summed E-state index contributed by atoms with van der Waals surface area (Å²) in [7, 11) is 0. The van der Waals surface area contributed by atoms with E-state index in [1.165, 1.54) is 12.1 Å². The molecule has 4 aromatic rings. The van der Waals surface area contributed by atoms with E-state index < -0.39 is 0 Å². The number of hydrogen-bond donors (Lipinski definition) is 3. The zero-order valence-corrected chi connectivity index (χ0v) is 26.1. The van der Waals surface area contributed by atoms with Gasteiger partial charge in [-0.3, -0.25) is 5.10 Å². The normalized spacial score (nSPS) is 12.2. The summed E-state index contributed by atoms with van der Waals surface area (Å²) < 4.78 is 14.0. The largest absolute Gasteiger partial charge is 0.357 e. The fourth-order valence-corrected chi connectivity index (χ4v) is 4.98. The maximum absolute atomic E-state index is 14.0. The molecular formula is C35H40FN5S. The predicted molar refractivity (Wildman–Crippen MR) is 181 cm³/mol. The van der Waals surface area contributed by atoms with Crippen LogP contribution in [0.25, 0.3) is 33.6 Å². The van der Waals surface area contributed by atoms with E-state index in [1.807, 2.05) is 70.2 Å². The molecule has 4 rings (SSSR count). The summed E-state index contributed by atoms with van der Waals surface area (Å²) >= 11 is 5.51. The summed E-state index contributed by atoms with van der Waals surface area (Å²) in [5.41, 5.74) is 9.09. The quantitative estimate of drug-likeness (QED) is 0.129. The molecular weight excluding hydrogens is 541 g/mol. The number of halogens is 1. The number of fused-ring (bicyclic) bond motifs is 1. The Morgan fingerprint density at radius 2 is 1.90 bits per heavy atom. The minimum absolute atomic E-state index is 0.290. The molecule has 218 valence electrons. The lowest BCUT2D eigenvalue weighted by Crippen LogP contribution is -2.21. The molecule has 42 heavy (non-hydrogen) atoms. The van der Waals surface area contributed by atoms with Gasteiger partial charge in [-0.05, 0) is 79.0 Å². The third-order valence-electron chi connectivity index (χ3n) is 6.40. The molecule has 3 aromatic heterocycles. The van der Waals surface area contributed by atoms with Gasteiger partial charge in [0.1, 0.15) is 17.0 Å². The van der Waals surface area contributed by atoms with E-state index in [4.69, 9.17) is 17.2 Å². The van der Waals surface area contributed by atoms with Crippen molar-refractivity contribution in [3.05, 3.63) is 120 Å². The second-order valence-corrected chi connectivity index (χ2v) is 10.4. The summed E-state index contributed by atoms with van der Waals surface area (Å²) in [6.07, 6.45) is 10.2. The molecule has 7 heteroatoms. The molecule has 0 saturated heterocycles. The number of thiocarbonyl (C=S) groups is 1. The first-order chi connectivity index (χ1) is 20.2. The number of allylic oxidation sites excluding steroid dienone is 6. The number of nitrogens with zero attached hydrogens (tertiary/aromatic N) is 2. The molecule has 0 unspecified atom stereocenters. The van der Waals surface area contributed by atoms with Gasteiger partial charge in [0.2, 0.25) is 0 Å². The molecule has 0 aliphatic rings. The van der Waals surface area contributed by atoms with Crippen LogP contribution in [0.3, 0.4) is 0 Å². The number of benzene rings is 1. The highest BCUT2D eigenvalue weighted by molar-refractivity contribution is 7.80. The average Bonchev–Trinajstić information content (AvgIpc) is 3.57. The molecule has 3 N–H and O–H groups in total. The highest BCUT2D eigenvalue weighted by Crippen LogP contribution is 2.33. The van der Waals surface area contributed by atoms with Crippen LogP contribution in [0.4, 0.5) is 4.39 Å². The van der Waals surface area contributed by atoms with Crippen molar-refractivity contribution in [2.45, 2.75) is 48.0 Å². The van der Waals surface area contributed by atoms with E-state index in [1.54, 1.807) is 18.2 Å². The summed E-state index contributed by atoms with van der Waals surface area (Å²) in [5.74, 6) is 0.173. The highest BCUT2D eigenvalue weighted by atomic mass is 32.1. The molecule has 0 spiro atoms. The van der Waals surface area contributed by atoms with Crippen molar-refractivity contribution in [2.75, 3.05) is 0 Å². The van der Waals surface area contributed by atoms with Gasteiger partial charge in [0.05, 0.1) is 21.9 Å². The van der Waals surface area contributed by atoms with Gasteiger partial charge in [-0.25, -0.2) is 9.37 Å². The number of aryl methyl sites for hydroxylation is 1. The molecule has 0 aliphatic heterocycles. The minimum Gasteiger partial charge on any atom is -0.357 e. The van der Waals surface area contributed by atoms with E-state index in [0.717, 1.165) is 67.5 Å². The Morgan fingerprint density at radius 3 is 2.55 bits per heavy atom. The average molecular weight is 582 g/mol. The number of aromatic nitrogens is 4. The number of hydrogen-bond acceptors (Lipinski definition) is 3. The minimum atomic E-state index is -0.290. The van der Waals surface area contributed by atoms with Gasteiger partial charge in [0.25, 0.3) is 0 Å². The fraction of sp³-hybridized carbons (Fsp3) is 0.229. The second kappa shape index (κ2) is 15.0. The third-order valence-corrected chi connectivity index (χ3v) is 6.67. The second-order valence-electron chi connectivity index (χ2n) is 9.91. The van der Waals surface area contributed by atoms with E-state index in [-0.39, 0.29) is 5.82 Å². The summed E-state index contributed by atoms with van der Waals surface area (Å²) in [6.45, 7) is 20.0. The zero-order valence-electron chi connectivity index (χ0n) is 25.3. The Morgan fingerprint density at radius 1 is 1.14 bits per heavy atom. The number of aromatic amines is 2. The van der Waals surface area contributed by atoms with Crippen LogP contribution in [-0.4, -0.2) is 25.2 Å². The SMILES string of the molecule is C=C/C=C(/c1cccc(F)c1)c1cc(-c2n[nH]c3ccc(C(/C=C(\C=C)NC(=S)CC(C)C)=C/C)nc23)[nH]c1C.CC. The lowest BCUT2D eigenvalue weighted by atomic mass is 9.97. The molecule has 3 heterocycles. The van der Waals surface area contributed by atoms with Crippen molar-refractivity contribution in [3.63, 3.8) is 0 Å². The van der Waals surface area contributed by atoms with Gasteiger partial charge in [0, 0.05) is 23.4 Å². The number of pyridine rings is 1. The van der Waals surface area contributed by atoms with Crippen LogP contribution in [0, 0.1) is 18.7 Å². The summed E-state index contributed by atoms with van der Waals surface area (Å²) in [5, 5.41) is 11.0. The van der Waals surface area contributed by atoms with Crippen molar-refractivity contribution >= 4 is 39.4 Å². The summed E-state index contributed by atoms with van der Waals surface area (Å²) in [6, 6.07) is 12.5. The van der Waals surface area contributed by atoms with Crippen molar-refractivity contribution in [2.24, 2.45) is 5.92 Å². The standard InChI is InChI=1S/C33H34FN5S.C2H6/c1-7-11-26(23-12-10-13-24(34)17-23)27-19-30(35-21(27)6)33-32-29(38-39-33)15-14-28(37-32)22(8-2)18-25(9-3)36-31(40)16-20(4)5;1-2/h7-15,17-20,35H,1,3,16H2,2,4-6H3,(H,36,40)(H,38,39);1-2H3/b22-8+,25-18+,26-11-;. The van der Waals surface area contributed by atoms with Gasteiger partial charge in [-0.2, -0.15) is 5.10 Å². The van der Waals surface area contributed by atoms with Crippen LogP contribution in [0.2, 0.25) is 0 Å². The Kier molecular flexibility index (Phi) is 11.5. The van der Waals surface area contributed by atoms with Gasteiger partial charge < -0.3 is 10.3 Å². The van der Waals surface area contributed by atoms with Crippen molar-refractivity contribution in [1.82, 2.24) is 25.5 Å². The van der Waals surface area contributed by atoms with Crippen molar-refractivity contribution in [3.8, 4) is 11.4 Å². The molecule has 0 bridgehead atoms. The van der Waals surface area contributed by atoms with Crippen LogP contribution >= 0.6 is 12.2 Å². The number of H-pyrrole nitrogens is 2. The first-order valence-electron chi connectivity index (χ1n) is 14.2. The molecule has 0 saturated carbocycles. The molecule has 0 fully saturated rings. The first-order valence-corrected chi connectivity index (χ1v) is 14.6. The monoisotopic (exact) mass is 581 g/mol. The van der Waals surface area contributed by atoms with Crippen LogP contribution < -0.4 is 5.32 Å². The molecule has 0 radical (unpaired) electrons. The van der Waals surface area contributed by atoms with E-state index in [9.17, 15) is 4.39 Å².